The van der Waals surface area contributed by atoms with Crippen LogP contribution in [0.25, 0.3) is 11.0 Å². The van der Waals surface area contributed by atoms with Gasteiger partial charge in [0.1, 0.15) is 11.6 Å². The van der Waals surface area contributed by atoms with Crippen molar-refractivity contribution in [1.29, 1.82) is 0 Å². The Morgan fingerprint density at radius 3 is 2.71 bits per heavy atom. The van der Waals surface area contributed by atoms with E-state index in [4.69, 9.17) is 9.72 Å². The van der Waals surface area contributed by atoms with E-state index < -0.39 is 0 Å². The number of nitrogens with one attached hydrogen (secondary N) is 1. The Hall–Kier alpha value is -2.82. The highest BCUT2D eigenvalue weighted by Crippen LogP contribution is 2.22. The Labute approximate surface area is 166 Å². The van der Waals surface area contributed by atoms with Gasteiger partial charge in [-0.25, -0.2) is 4.98 Å². The van der Waals surface area contributed by atoms with Crippen molar-refractivity contribution >= 4 is 16.9 Å². The van der Waals surface area contributed by atoms with E-state index >= 15 is 0 Å². The van der Waals surface area contributed by atoms with Crippen LogP contribution in [0.1, 0.15) is 49.7 Å². The standard InChI is InChI=1S/C23H29N3O2/c1-5-22(27)24-18(4)23-25-20-9-6-7-10-21(20)26(23)13-8-14-28-19-12-11-16(2)17(3)15-19/h6-7,9-12,15,18H,5,8,13-14H2,1-4H3,(H,24,27). The molecule has 0 spiro atoms. The van der Waals surface area contributed by atoms with Gasteiger partial charge in [-0.1, -0.05) is 25.1 Å². The average molecular weight is 380 g/mol. The first-order valence-corrected chi connectivity index (χ1v) is 9.94. The second-order valence-electron chi connectivity index (χ2n) is 7.20. The SMILES string of the molecule is CCC(=O)NC(C)c1nc2ccccc2n1CCCOc1ccc(C)c(C)c1. The number of carbonyl (C=O) groups excluding carboxylic acids is 1. The molecular weight excluding hydrogens is 350 g/mol. The molecule has 0 bridgehead atoms. The Balaban J connectivity index is 1.71. The molecule has 1 aromatic heterocycles. The minimum absolute atomic E-state index is 0.0316. The molecule has 5 heteroatoms. The number of para-hydroxylation sites is 2. The fourth-order valence-corrected chi connectivity index (χ4v) is 3.28. The number of carbonyl (C=O) groups is 1. The van der Waals surface area contributed by atoms with E-state index in [1.54, 1.807) is 0 Å². The van der Waals surface area contributed by atoms with Crippen molar-refractivity contribution in [3.05, 3.63) is 59.4 Å². The molecule has 1 atom stereocenters. The van der Waals surface area contributed by atoms with Crippen molar-refractivity contribution in [2.24, 2.45) is 0 Å². The number of rotatable bonds is 8. The number of nitrogens with zero attached hydrogens (tertiary/aromatic N) is 2. The first kappa shape index (κ1) is 19.9. The molecular formula is C23H29N3O2. The summed E-state index contributed by atoms with van der Waals surface area (Å²) in [6.07, 6.45) is 1.32. The van der Waals surface area contributed by atoms with Gasteiger partial charge in [0, 0.05) is 13.0 Å². The lowest BCUT2D eigenvalue weighted by atomic mass is 10.1. The molecule has 28 heavy (non-hydrogen) atoms. The van der Waals surface area contributed by atoms with E-state index in [0.29, 0.717) is 13.0 Å². The van der Waals surface area contributed by atoms with Crippen LogP contribution < -0.4 is 10.1 Å². The molecule has 0 saturated heterocycles. The maximum atomic E-state index is 11.8. The van der Waals surface area contributed by atoms with Crippen LogP contribution in [0.3, 0.4) is 0 Å². The van der Waals surface area contributed by atoms with Gasteiger partial charge in [0.05, 0.1) is 23.7 Å². The Morgan fingerprint density at radius 2 is 1.96 bits per heavy atom. The zero-order valence-corrected chi connectivity index (χ0v) is 17.2. The number of aryl methyl sites for hydroxylation is 3. The third kappa shape index (κ3) is 4.53. The van der Waals surface area contributed by atoms with Crippen LogP contribution in [0.2, 0.25) is 0 Å². The maximum absolute atomic E-state index is 11.8. The predicted molar refractivity (Wildman–Crippen MR) is 113 cm³/mol. The lowest BCUT2D eigenvalue weighted by Gasteiger charge is -2.16. The number of amides is 1. The van der Waals surface area contributed by atoms with E-state index in [-0.39, 0.29) is 11.9 Å². The van der Waals surface area contributed by atoms with Gasteiger partial charge in [0.2, 0.25) is 5.91 Å². The van der Waals surface area contributed by atoms with E-state index in [1.807, 2.05) is 38.1 Å². The lowest BCUT2D eigenvalue weighted by Crippen LogP contribution is -2.28. The van der Waals surface area contributed by atoms with Crippen molar-refractivity contribution in [2.45, 2.75) is 53.1 Å². The molecule has 0 aliphatic rings. The molecule has 0 fully saturated rings. The number of hydrogen-bond donors (Lipinski definition) is 1. The Bertz CT molecular complexity index is 962. The fourth-order valence-electron chi connectivity index (χ4n) is 3.28. The highest BCUT2D eigenvalue weighted by atomic mass is 16.5. The first-order valence-electron chi connectivity index (χ1n) is 9.94. The summed E-state index contributed by atoms with van der Waals surface area (Å²) in [7, 11) is 0. The van der Waals surface area contributed by atoms with Gasteiger partial charge in [-0.3, -0.25) is 4.79 Å². The number of fused-ring (bicyclic) bond motifs is 1. The Kier molecular flexibility index (Phi) is 6.34. The van der Waals surface area contributed by atoms with Crippen LogP contribution in [0, 0.1) is 13.8 Å². The molecule has 1 unspecified atom stereocenters. The van der Waals surface area contributed by atoms with E-state index in [2.05, 4.69) is 41.9 Å². The summed E-state index contributed by atoms with van der Waals surface area (Å²) in [5.41, 5.74) is 4.54. The molecule has 0 aliphatic heterocycles. The average Bonchev–Trinajstić information content (AvgIpc) is 3.06. The van der Waals surface area contributed by atoms with Gasteiger partial charge in [-0.15, -0.1) is 0 Å². The summed E-state index contributed by atoms with van der Waals surface area (Å²) in [6, 6.07) is 14.1. The van der Waals surface area contributed by atoms with Gasteiger partial charge < -0.3 is 14.6 Å². The third-order valence-corrected chi connectivity index (χ3v) is 5.04. The van der Waals surface area contributed by atoms with Gasteiger partial charge in [-0.2, -0.15) is 0 Å². The smallest absolute Gasteiger partial charge is 0.220 e. The quantitative estimate of drug-likeness (QED) is 0.577. The molecule has 2 aromatic carbocycles. The van der Waals surface area contributed by atoms with Crippen LogP contribution >= 0.6 is 0 Å². The third-order valence-electron chi connectivity index (χ3n) is 5.04. The first-order chi connectivity index (χ1) is 13.5. The normalized spacial score (nSPS) is 12.1. The summed E-state index contributed by atoms with van der Waals surface area (Å²) < 4.78 is 8.13. The topological polar surface area (TPSA) is 56.2 Å². The summed E-state index contributed by atoms with van der Waals surface area (Å²) in [6.45, 7) is 9.45. The monoisotopic (exact) mass is 379 g/mol. The zero-order valence-electron chi connectivity index (χ0n) is 17.2. The van der Waals surface area contributed by atoms with Crippen molar-refractivity contribution < 1.29 is 9.53 Å². The maximum Gasteiger partial charge on any atom is 0.220 e. The second-order valence-corrected chi connectivity index (χ2v) is 7.20. The molecule has 148 valence electrons. The highest BCUT2D eigenvalue weighted by molar-refractivity contribution is 5.77. The number of hydrogen-bond acceptors (Lipinski definition) is 3. The summed E-state index contributed by atoms with van der Waals surface area (Å²) in [5, 5.41) is 3.02. The molecule has 0 saturated carbocycles. The molecule has 5 nitrogen and oxygen atoms in total. The molecule has 0 radical (unpaired) electrons. The molecule has 1 N–H and O–H groups in total. The zero-order chi connectivity index (χ0) is 20.1. The van der Waals surface area contributed by atoms with Gasteiger partial charge in [0.15, 0.2) is 0 Å². The second kappa shape index (κ2) is 8.91. The van der Waals surface area contributed by atoms with Crippen LogP contribution in [0.4, 0.5) is 0 Å². The molecule has 0 aliphatic carbocycles. The molecule has 1 amide bonds. The van der Waals surface area contributed by atoms with Crippen LogP contribution in [0.5, 0.6) is 5.75 Å². The lowest BCUT2D eigenvalue weighted by molar-refractivity contribution is -0.121. The van der Waals surface area contributed by atoms with E-state index in [9.17, 15) is 4.79 Å². The van der Waals surface area contributed by atoms with Crippen molar-refractivity contribution in [3.8, 4) is 5.75 Å². The number of ether oxygens (including phenoxy) is 1. The number of aromatic nitrogens is 2. The predicted octanol–water partition coefficient (Wildman–Crippen LogP) is 4.71. The van der Waals surface area contributed by atoms with Crippen molar-refractivity contribution in [2.75, 3.05) is 6.61 Å². The van der Waals surface area contributed by atoms with Crippen LogP contribution in [-0.4, -0.2) is 22.1 Å². The summed E-state index contributed by atoms with van der Waals surface area (Å²) in [5.74, 6) is 1.82. The highest BCUT2D eigenvalue weighted by Gasteiger charge is 2.17. The number of imidazole rings is 1. The number of benzene rings is 2. The van der Waals surface area contributed by atoms with Gasteiger partial charge in [0.25, 0.3) is 0 Å². The van der Waals surface area contributed by atoms with E-state index in [1.165, 1.54) is 11.1 Å². The van der Waals surface area contributed by atoms with Crippen molar-refractivity contribution in [1.82, 2.24) is 14.9 Å². The van der Waals surface area contributed by atoms with E-state index in [0.717, 1.165) is 35.6 Å². The van der Waals surface area contributed by atoms with Crippen LogP contribution in [-0.2, 0) is 11.3 Å². The molecule has 1 heterocycles. The Morgan fingerprint density at radius 1 is 1.18 bits per heavy atom. The molecule has 3 rings (SSSR count). The fraction of sp³-hybridized carbons (Fsp3) is 0.391. The van der Waals surface area contributed by atoms with Crippen molar-refractivity contribution in [3.63, 3.8) is 0 Å². The van der Waals surface area contributed by atoms with Gasteiger partial charge >= 0.3 is 0 Å². The largest absolute Gasteiger partial charge is 0.494 e. The minimum Gasteiger partial charge on any atom is -0.494 e. The summed E-state index contributed by atoms with van der Waals surface area (Å²) >= 11 is 0. The summed E-state index contributed by atoms with van der Waals surface area (Å²) in [4.78, 5) is 16.6. The minimum atomic E-state index is -0.138. The molecule has 3 aromatic rings. The van der Waals surface area contributed by atoms with Gasteiger partial charge in [-0.05, 0) is 62.6 Å². The van der Waals surface area contributed by atoms with Crippen LogP contribution in [0.15, 0.2) is 42.5 Å².